The molecule has 4 amide bonds. The van der Waals surface area contributed by atoms with E-state index in [9.17, 15) is 14.4 Å². The summed E-state index contributed by atoms with van der Waals surface area (Å²) in [5.74, 6) is 5.58. The van der Waals surface area contributed by atoms with Crippen LogP contribution in [-0.4, -0.2) is 46.9 Å². The molecule has 160 valence electrons. The van der Waals surface area contributed by atoms with Gasteiger partial charge in [0.15, 0.2) is 5.13 Å². The molecular formula is C22H17N5O4S. The standard InChI is InChI=1S/C22H17N5O4S/c1-31-14-4-3-13-10-27(18(28)15(13)9-14)11-22(19(29)25-21(30)26-22)7-6-12-2-5-16-17(8-12)32-20(23)24-16/h2-5,8-9H,10-11H2,1H3,(H2,23,24)(H2,25,26,29,30)/t22-/m1/s1. The molecule has 9 nitrogen and oxygen atoms in total. The molecule has 0 unspecified atom stereocenters. The predicted octanol–water partition coefficient (Wildman–Crippen LogP) is 1.47. The summed E-state index contributed by atoms with van der Waals surface area (Å²) in [6.45, 7) is 0.208. The third kappa shape index (κ3) is 3.29. The highest BCUT2D eigenvalue weighted by Crippen LogP contribution is 2.29. The molecule has 2 aliphatic heterocycles. The van der Waals surface area contributed by atoms with Crippen LogP contribution in [0.4, 0.5) is 9.93 Å². The minimum Gasteiger partial charge on any atom is -0.497 e. The summed E-state index contributed by atoms with van der Waals surface area (Å²) < 4.78 is 6.06. The van der Waals surface area contributed by atoms with Crippen LogP contribution in [0, 0.1) is 11.8 Å². The van der Waals surface area contributed by atoms with Crippen molar-refractivity contribution >= 4 is 44.5 Å². The number of nitrogen functional groups attached to an aromatic ring is 1. The van der Waals surface area contributed by atoms with Crippen LogP contribution in [0.25, 0.3) is 10.2 Å². The maximum Gasteiger partial charge on any atom is 0.323 e. The number of ether oxygens (including phenoxy) is 1. The van der Waals surface area contributed by atoms with Crippen LogP contribution in [0.5, 0.6) is 5.75 Å². The van der Waals surface area contributed by atoms with Gasteiger partial charge in [-0.1, -0.05) is 29.2 Å². The number of amides is 4. The third-order valence-electron chi connectivity index (χ3n) is 5.39. The van der Waals surface area contributed by atoms with Crippen LogP contribution in [-0.2, 0) is 11.3 Å². The molecule has 1 saturated heterocycles. The molecule has 2 aliphatic rings. The van der Waals surface area contributed by atoms with E-state index in [0.717, 1.165) is 15.8 Å². The quantitative estimate of drug-likeness (QED) is 0.412. The van der Waals surface area contributed by atoms with E-state index < -0.39 is 17.5 Å². The molecule has 0 spiro atoms. The number of aromatic nitrogens is 1. The largest absolute Gasteiger partial charge is 0.497 e. The summed E-state index contributed by atoms with van der Waals surface area (Å²) in [5, 5.41) is 5.29. The van der Waals surface area contributed by atoms with Gasteiger partial charge >= 0.3 is 6.03 Å². The number of urea groups is 1. The van der Waals surface area contributed by atoms with Gasteiger partial charge in [-0.25, -0.2) is 9.78 Å². The Bertz CT molecular complexity index is 1370. The smallest absolute Gasteiger partial charge is 0.323 e. The fraction of sp³-hybridized carbons (Fsp3) is 0.182. The van der Waals surface area contributed by atoms with E-state index in [2.05, 4.69) is 27.5 Å². The summed E-state index contributed by atoms with van der Waals surface area (Å²) in [4.78, 5) is 43.4. The zero-order chi connectivity index (χ0) is 22.5. The van der Waals surface area contributed by atoms with Gasteiger partial charge in [0.05, 0.1) is 23.9 Å². The fourth-order valence-electron chi connectivity index (χ4n) is 3.81. The molecule has 0 aliphatic carbocycles. The number of anilines is 1. The number of carbonyl (C=O) groups excluding carboxylic acids is 3. The topological polar surface area (TPSA) is 127 Å². The first-order valence-corrected chi connectivity index (χ1v) is 10.5. The Balaban J connectivity index is 1.47. The van der Waals surface area contributed by atoms with E-state index in [4.69, 9.17) is 10.5 Å². The molecule has 0 radical (unpaired) electrons. The molecular weight excluding hydrogens is 430 g/mol. The molecule has 0 saturated carbocycles. The highest BCUT2D eigenvalue weighted by Gasteiger charge is 2.48. The third-order valence-corrected chi connectivity index (χ3v) is 6.24. The van der Waals surface area contributed by atoms with Crippen LogP contribution in [0.3, 0.4) is 0 Å². The average molecular weight is 447 g/mol. The van der Waals surface area contributed by atoms with Crippen molar-refractivity contribution in [3.63, 3.8) is 0 Å². The highest BCUT2D eigenvalue weighted by atomic mass is 32.1. The normalized spacial score (nSPS) is 19.4. The Morgan fingerprint density at radius 3 is 2.84 bits per heavy atom. The monoisotopic (exact) mass is 447 g/mol. The van der Waals surface area contributed by atoms with Crippen molar-refractivity contribution in [2.75, 3.05) is 19.4 Å². The number of fused-ring (bicyclic) bond motifs is 2. The number of nitrogens with one attached hydrogen (secondary N) is 2. The number of nitrogens with zero attached hydrogens (tertiary/aromatic N) is 2. The number of rotatable bonds is 3. The van der Waals surface area contributed by atoms with Crippen LogP contribution in [0.1, 0.15) is 21.5 Å². The molecule has 1 aromatic heterocycles. The number of methoxy groups -OCH3 is 1. The summed E-state index contributed by atoms with van der Waals surface area (Å²) in [7, 11) is 1.53. The van der Waals surface area contributed by atoms with Crippen LogP contribution >= 0.6 is 11.3 Å². The zero-order valence-electron chi connectivity index (χ0n) is 16.9. The lowest BCUT2D eigenvalue weighted by molar-refractivity contribution is -0.122. The van der Waals surface area contributed by atoms with Crippen molar-refractivity contribution in [2.45, 2.75) is 12.1 Å². The lowest BCUT2D eigenvalue weighted by atomic mass is 9.99. The van der Waals surface area contributed by atoms with E-state index in [1.54, 1.807) is 24.3 Å². The summed E-state index contributed by atoms with van der Waals surface area (Å²) in [6.07, 6.45) is 0. The van der Waals surface area contributed by atoms with Gasteiger partial charge in [0.25, 0.3) is 11.8 Å². The average Bonchev–Trinajstić information content (AvgIpc) is 3.38. The number of nitrogens with two attached hydrogens (primary N) is 1. The molecule has 4 N–H and O–H groups in total. The van der Waals surface area contributed by atoms with Crippen molar-refractivity contribution in [3.8, 4) is 17.6 Å². The van der Waals surface area contributed by atoms with Gasteiger partial charge in [0, 0.05) is 17.7 Å². The molecule has 3 aromatic rings. The maximum atomic E-state index is 13.0. The molecule has 1 atom stereocenters. The Labute approximate surface area is 186 Å². The van der Waals surface area contributed by atoms with Gasteiger partial charge in [-0.2, -0.15) is 0 Å². The first-order valence-electron chi connectivity index (χ1n) is 9.66. The molecule has 0 bridgehead atoms. The first-order chi connectivity index (χ1) is 15.4. The lowest BCUT2D eigenvalue weighted by Gasteiger charge is -2.26. The number of hydrogen-bond acceptors (Lipinski definition) is 7. The number of imide groups is 1. The van der Waals surface area contributed by atoms with E-state index in [-0.39, 0.29) is 12.5 Å². The van der Waals surface area contributed by atoms with Crippen LogP contribution < -0.4 is 21.1 Å². The molecule has 1 fully saturated rings. The Morgan fingerprint density at radius 2 is 2.09 bits per heavy atom. The van der Waals surface area contributed by atoms with Gasteiger partial charge in [-0.05, 0) is 35.9 Å². The number of thiazole rings is 1. The number of hydrogen-bond donors (Lipinski definition) is 3. The SMILES string of the molecule is COc1ccc2c(c1)C(=O)N(C[C@@]1(C#Cc3ccc4nc(N)sc4c3)NC(=O)NC1=O)C2. The summed E-state index contributed by atoms with van der Waals surface area (Å²) in [6, 6.07) is 9.98. The van der Waals surface area contributed by atoms with Gasteiger partial charge in [-0.15, -0.1) is 0 Å². The Hall–Kier alpha value is -4.10. The van der Waals surface area contributed by atoms with E-state index in [1.807, 2.05) is 12.1 Å². The summed E-state index contributed by atoms with van der Waals surface area (Å²) >= 11 is 1.33. The fourth-order valence-corrected chi connectivity index (χ4v) is 4.58. The molecule has 2 aromatic carbocycles. The zero-order valence-corrected chi connectivity index (χ0v) is 17.7. The lowest BCUT2D eigenvalue weighted by Crippen LogP contribution is -2.54. The molecule has 10 heteroatoms. The second-order valence-corrected chi connectivity index (χ2v) is 8.54. The minimum atomic E-state index is -1.57. The minimum absolute atomic E-state index is 0.0941. The molecule has 32 heavy (non-hydrogen) atoms. The van der Waals surface area contributed by atoms with Gasteiger partial charge < -0.3 is 20.7 Å². The number of benzene rings is 2. The van der Waals surface area contributed by atoms with Crippen molar-refractivity contribution in [1.29, 1.82) is 0 Å². The van der Waals surface area contributed by atoms with Crippen molar-refractivity contribution in [3.05, 3.63) is 53.1 Å². The highest BCUT2D eigenvalue weighted by molar-refractivity contribution is 7.22. The predicted molar refractivity (Wildman–Crippen MR) is 118 cm³/mol. The summed E-state index contributed by atoms with van der Waals surface area (Å²) in [5.41, 5.74) is 6.90. The number of carbonyl (C=O) groups is 3. The van der Waals surface area contributed by atoms with Crippen LogP contribution in [0.15, 0.2) is 36.4 Å². The van der Waals surface area contributed by atoms with Gasteiger partial charge in [0.1, 0.15) is 5.75 Å². The van der Waals surface area contributed by atoms with Gasteiger partial charge in [-0.3, -0.25) is 14.9 Å². The first kappa shape index (κ1) is 19.8. The maximum absolute atomic E-state index is 13.0. The van der Waals surface area contributed by atoms with Gasteiger partial charge in [0.2, 0.25) is 5.54 Å². The van der Waals surface area contributed by atoms with E-state index in [0.29, 0.717) is 28.6 Å². The van der Waals surface area contributed by atoms with Crippen LogP contribution in [0.2, 0.25) is 0 Å². The van der Waals surface area contributed by atoms with Crippen molar-refractivity contribution < 1.29 is 19.1 Å². The van der Waals surface area contributed by atoms with Crippen molar-refractivity contribution in [1.82, 2.24) is 20.5 Å². The van der Waals surface area contributed by atoms with Crippen molar-refractivity contribution in [2.24, 2.45) is 0 Å². The van der Waals surface area contributed by atoms with E-state index >= 15 is 0 Å². The second-order valence-electron chi connectivity index (χ2n) is 7.48. The Morgan fingerprint density at radius 1 is 1.25 bits per heavy atom. The molecule has 5 rings (SSSR count). The van der Waals surface area contributed by atoms with E-state index in [1.165, 1.54) is 23.3 Å². The Kier molecular flexibility index (Phi) is 4.49. The second kappa shape index (κ2) is 7.25. The molecule has 3 heterocycles.